The molecule has 0 aliphatic rings. The highest BCUT2D eigenvalue weighted by Crippen LogP contribution is 2.18. The van der Waals surface area contributed by atoms with E-state index in [-0.39, 0.29) is 5.91 Å². The topological polar surface area (TPSA) is 90.0 Å². The predicted molar refractivity (Wildman–Crippen MR) is 84.4 cm³/mol. The van der Waals surface area contributed by atoms with Crippen molar-refractivity contribution in [1.82, 2.24) is 29.4 Å². The maximum absolute atomic E-state index is 12.2. The number of hydrogen-bond donors (Lipinski definition) is 1. The first-order valence-electron chi connectivity index (χ1n) is 6.81. The molecule has 0 spiro atoms. The minimum Gasteiger partial charge on any atom is -0.333 e. The Morgan fingerprint density at radius 1 is 1.22 bits per heavy atom. The molecular formula is C14H11N7OS. The maximum Gasteiger partial charge on any atom is 0.257 e. The van der Waals surface area contributed by atoms with Gasteiger partial charge in [-0.05, 0) is 17.7 Å². The fourth-order valence-electron chi connectivity index (χ4n) is 2.13. The molecule has 0 aliphatic carbocycles. The highest BCUT2D eigenvalue weighted by molar-refractivity contribution is 7.20. The minimum absolute atomic E-state index is 0.204. The number of imidazole rings is 1. The molecule has 0 aliphatic heterocycles. The Labute approximate surface area is 134 Å². The van der Waals surface area contributed by atoms with Gasteiger partial charge in [0.2, 0.25) is 10.1 Å². The summed E-state index contributed by atoms with van der Waals surface area (Å²) < 4.78 is 3.49. The van der Waals surface area contributed by atoms with E-state index in [0.29, 0.717) is 15.7 Å². The smallest absolute Gasteiger partial charge is 0.257 e. The molecule has 9 heteroatoms. The fraction of sp³-hybridized carbons (Fsp3) is 0.0714. The van der Waals surface area contributed by atoms with Crippen LogP contribution < -0.4 is 5.32 Å². The van der Waals surface area contributed by atoms with Crippen LogP contribution in [-0.2, 0) is 6.54 Å². The highest BCUT2D eigenvalue weighted by Gasteiger charge is 2.11. The molecule has 3 aromatic heterocycles. The van der Waals surface area contributed by atoms with E-state index in [2.05, 4.69) is 25.6 Å². The van der Waals surface area contributed by atoms with Crippen molar-refractivity contribution in [2.24, 2.45) is 0 Å². The Hall–Kier alpha value is -3.07. The van der Waals surface area contributed by atoms with Gasteiger partial charge in [0, 0.05) is 24.5 Å². The summed E-state index contributed by atoms with van der Waals surface area (Å²) in [7, 11) is 0. The summed E-state index contributed by atoms with van der Waals surface area (Å²) >= 11 is 1.27. The normalized spacial score (nSPS) is 11.0. The summed E-state index contributed by atoms with van der Waals surface area (Å²) in [4.78, 5) is 16.9. The summed E-state index contributed by atoms with van der Waals surface area (Å²) in [6.45, 7) is 0.721. The van der Waals surface area contributed by atoms with Gasteiger partial charge in [-0.25, -0.2) is 4.98 Å². The first-order valence-corrected chi connectivity index (χ1v) is 7.62. The Balaban J connectivity index is 1.46. The van der Waals surface area contributed by atoms with Gasteiger partial charge in [0.25, 0.3) is 5.91 Å². The van der Waals surface area contributed by atoms with Crippen LogP contribution in [0.3, 0.4) is 0 Å². The number of benzene rings is 1. The second-order valence-electron chi connectivity index (χ2n) is 4.85. The van der Waals surface area contributed by atoms with Crippen LogP contribution in [0, 0.1) is 0 Å². The van der Waals surface area contributed by atoms with E-state index in [1.54, 1.807) is 24.7 Å². The average molecular weight is 325 g/mol. The molecule has 0 fully saturated rings. The molecule has 0 bridgehead atoms. The van der Waals surface area contributed by atoms with Crippen molar-refractivity contribution in [3.8, 4) is 0 Å². The molecule has 23 heavy (non-hydrogen) atoms. The molecule has 1 aromatic carbocycles. The summed E-state index contributed by atoms with van der Waals surface area (Å²) in [6, 6.07) is 7.44. The van der Waals surface area contributed by atoms with E-state index < -0.39 is 0 Å². The van der Waals surface area contributed by atoms with Crippen LogP contribution in [0.5, 0.6) is 0 Å². The van der Waals surface area contributed by atoms with Crippen molar-refractivity contribution in [2.75, 3.05) is 5.32 Å². The average Bonchev–Trinajstić information content (AvgIpc) is 3.25. The lowest BCUT2D eigenvalue weighted by molar-refractivity contribution is 0.102. The largest absolute Gasteiger partial charge is 0.333 e. The summed E-state index contributed by atoms with van der Waals surface area (Å²) in [6.07, 6.45) is 6.89. The molecule has 8 nitrogen and oxygen atoms in total. The van der Waals surface area contributed by atoms with Gasteiger partial charge in [0.15, 0.2) is 0 Å². The van der Waals surface area contributed by atoms with Crippen molar-refractivity contribution < 1.29 is 4.79 Å². The molecule has 4 rings (SSSR count). The number of nitrogens with zero attached hydrogens (tertiary/aromatic N) is 6. The van der Waals surface area contributed by atoms with Gasteiger partial charge < -0.3 is 4.57 Å². The zero-order valence-corrected chi connectivity index (χ0v) is 12.6. The Morgan fingerprint density at radius 2 is 2.09 bits per heavy atom. The molecule has 114 valence electrons. The first-order chi connectivity index (χ1) is 11.3. The number of fused-ring (bicyclic) bond motifs is 1. The zero-order valence-electron chi connectivity index (χ0n) is 11.8. The third-order valence-corrected chi connectivity index (χ3v) is 4.08. The van der Waals surface area contributed by atoms with Crippen LogP contribution in [0.2, 0.25) is 0 Å². The second-order valence-corrected chi connectivity index (χ2v) is 5.81. The Kier molecular flexibility index (Phi) is 3.31. The lowest BCUT2D eigenvalue weighted by Crippen LogP contribution is -2.12. The van der Waals surface area contributed by atoms with Crippen LogP contribution in [0.15, 0.2) is 49.3 Å². The molecule has 0 radical (unpaired) electrons. The van der Waals surface area contributed by atoms with Crippen LogP contribution in [0.1, 0.15) is 15.9 Å². The quantitative estimate of drug-likeness (QED) is 0.616. The molecule has 3 heterocycles. The standard InChI is InChI=1S/C14H11N7OS/c22-12(17-13-19-21-9-16-18-14(21)23-13)11-3-1-10(2-4-11)7-20-6-5-15-8-20/h1-6,8-9H,7H2,(H,17,19,22). The van der Waals surface area contributed by atoms with E-state index in [9.17, 15) is 4.79 Å². The number of hydrogen-bond acceptors (Lipinski definition) is 6. The molecule has 0 saturated heterocycles. The molecule has 1 amide bonds. The van der Waals surface area contributed by atoms with Gasteiger partial charge in [-0.15, -0.1) is 15.3 Å². The van der Waals surface area contributed by atoms with Gasteiger partial charge >= 0.3 is 0 Å². The van der Waals surface area contributed by atoms with Gasteiger partial charge in [-0.3, -0.25) is 10.1 Å². The van der Waals surface area contributed by atoms with E-state index in [0.717, 1.165) is 12.1 Å². The highest BCUT2D eigenvalue weighted by atomic mass is 32.1. The molecule has 4 aromatic rings. The molecule has 0 saturated carbocycles. The first kappa shape index (κ1) is 13.6. The van der Waals surface area contributed by atoms with Crippen molar-refractivity contribution in [2.45, 2.75) is 6.54 Å². The van der Waals surface area contributed by atoms with Crippen molar-refractivity contribution in [3.63, 3.8) is 0 Å². The van der Waals surface area contributed by atoms with Gasteiger partial charge in [-0.1, -0.05) is 23.5 Å². The summed E-state index contributed by atoms with van der Waals surface area (Å²) in [5.74, 6) is -0.204. The number of carbonyl (C=O) groups is 1. The fourth-order valence-corrected chi connectivity index (χ4v) is 2.85. The molecule has 0 atom stereocenters. The third kappa shape index (κ3) is 2.81. The molecular weight excluding hydrogens is 314 g/mol. The van der Waals surface area contributed by atoms with Gasteiger partial charge in [0.1, 0.15) is 6.33 Å². The SMILES string of the molecule is O=C(Nc1nn2cnnc2s1)c1ccc(Cn2ccnc2)cc1. The van der Waals surface area contributed by atoms with E-state index in [4.69, 9.17) is 0 Å². The number of anilines is 1. The van der Waals surface area contributed by atoms with Crippen LogP contribution in [0.25, 0.3) is 4.96 Å². The minimum atomic E-state index is -0.204. The zero-order chi connectivity index (χ0) is 15.6. The van der Waals surface area contributed by atoms with E-state index in [1.807, 2.05) is 22.9 Å². The lowest BCUT2D eigenvalue weighted by atomic mass is 10.1. The molecule has 0 unspecified atom stereocenters. The van der Waals surface area contributed by atoms with Gasteiger partial charge in [0.05, 0.1) is 6.33 Å². The van der Waals surface area contributed by atoms with Crippen LogP contribution >= 0.6 is 11.3 Å². The number of nitrogens with one attached hydrogen (secondary N) is 1. The van der Waals surface area contributed by atoms with Crippen LogP contribution in [0.4, 0.5) is 5.13 Å². The monoisotopic (exact) mass is 325 g/mol. The Bertz CT molecular complexity index is 911. The molecule has 1 N–H and O–H groups in total. The van der Waals surface area contributed by atoms with E-state index >= 15 is 0 Å². The maximum atomic E-state index is 12.2. The van der Waals surface area contributed by atoms with Crippen molar-refractivity contribution in [3.05, 3.63) is 60.4 Å². The number of amides is 1. The van der Waals surface area contributed by atoms with E-state index in [1.165, 1.54) is 22.2 Å². The number of aromatic nitrogens is 6. The van der Waals surface area contributed by atoms with Crippen molar-refractivity contribution in [1.29, 1.82) is 0 Å². The van der Waals surface area contributed by atoms with Gasteiger partial charge in [-0.2, -0.15) is 4.52 Å². The second kappa shape index (κ2) is 5.61. The van der Waals surface area contributed by atoms with Crippen LogP contribution in [-0.4, -0.2) is 35.3 Å². The summed E-state index contributed by atoms with van der Waals surface area (Å²) in [5.41, 5.74) is 1.67. The third-order valence-electron chi connectivity index (χ3n) is 3.25. The number of rotatable bonds is 4. The number of carbonyl (C=O) groups excluding carboxylic acids is 1. The Morgan fingerprint density at radius 3 is 2.83 bits per heavy atom. The lowest BCUT2D eigenvalue weighted by Gasteiger charge is -2.05. The predicted octanol–water partition coefficient (Wildman–Crippen LogP) is 1.68. The van der Waals surface area contributed by atoms with Crippen molar-refractivity contribution >= 4 is 27.3 Å². The summed E-state index contributed by atoms with van der Waals surface area (Å²) in [5, 5.41) is 15.0.